The molecule has 2 fully saturated rings. The molecule has 0 saturated carbocycles. The second kappa shape index (κ2) is 10.8. The molecule has 0 radical (unpaired) electrons. The van der Waals surface area contributed by atoms with Gasteiger partial charge in [0.05, 0.1) is 23.1 Å². The number of carbonyl (C=O) groups is 2. The number of carbonyl (C=O) groups excluding carboxylic acids is 2. The summed E-state index contributed by atoms with van der Waals surface area (Å²) in [5, 5.41) is 5.29. The van der Waals surface area contributed by atoms with Crippen LogP contribution in [0.3, 0.4) is 0 Å². The lowest BCUT2D eigenvalue weighted by Crippen LogP contribution is -2.41. The quantitative estimate of drug-likeness (QED) is 0.395. The summed E-state index contributed by atoms with van der Waals surface area (Å²) in [6.45, 7) is 8.17. The fourth-order valence-corrected chi connectivity index (χ4v) is 5.69. The Balaban J connectivity index is 1.40. The molecule has 5 rings (SSSR count). The molecular formula is C30H35ClN4O3. The molecule has 1 aromatic heterocycles. The second-order valence-electron chi connectivity index (χ2n) is 11.2. The molecule has 8 heteroatoms. The first-order chi connectivity index (χ1) is 18.2. The molecule has 2 aromatic carbocycles. The van der Waals surface area contributed by atoms with Gasteiger partial charge < -0.3 is 14.5 Å². The first kappa shape index (κ1) is 26.3. The van der Waals surface area contributed by atoms with Crippen LogP contribution in [0.5, 0.6) is 0 Å². The van der Waals surface area contributed by atoms with E-state index in [2.05, 4.69) is 29.4 Å². The summed E-state index contributed by atoms with van der Waals surface area (Å²) < 4.78 is 7.44. The van der Waals surface area contributed by atoms with Crippen LogP contribution < -0.4 is 0 Å². The molecule has 2 aliphatic rings. The minimum absolute atomic E-state index is 0.0151. The maximum Gasteiger partial charge on any atom is 0.410 e. The second-order valence-corrected chi connectivity index (χ2v) is 11.7. The number of ether oxygens (including phenoxy) is 1. The maximum atomic E-state index is 13.9. The topological polar surface area (TPSA) is 67.7 Å². The van der Waals surface area contributed by atoms with E-state index in [0.717, 1.165) is 37.2 Å². The van der Waals surface area contributed by atoms with E-state index in [1.165, 1.54) is 5.56 Å². The molecule has 3 aromatic rings. The van der Waals surface area contributed by atoms with Crippen LogP contribution in [0.4, 0.5) is 4.79 Å². The number of benzene rings is 2. The number of likely N-dealkylation sites (tertiary alicyclic amines) is 2. The number of nitrogens with zero attached hydrogens (tertiary/aromatic N) is 4. The number of aromatic nitrogens is 2. The van der Waals surface area contributed by atoms with Crippen molar-refractivity contribution in [3.63, 3.8) is 0 Å². The lowest BCUT2D eigenvalue weighted by Gasteiger charge is -2.34. The van der Waals surface area contributed by atoms with Gasteiger partial charge in [0.25, 0.3) is 5.91 Å². The summed E-state index contributed by atoms with van der Waals surface area (Å²) in [5.41, 5.74) is 3.09. The average molecular weight is 535 g/mol. The molecule has 1 atom stereocenters. The molecule has 200 valence electrons. The van der Waals surface area contributed by atoms with Crippen LogP contribution in [0.15, 0.2) is 60.8 Å². The zero-order valence-corrected chi connectivity index (χ0v) is 23.0. The Morgan fingerprint density at radius 2 is 1.61 bits per heavy atom. The number of hydrogen-bond donors (Lipinski definition) is 0. The van der Waals surface area contributed by atoms with Crippen LogP contribution in [-0.4, -0.2) is 63.4 Å². The molecule has 2 aliphatic heterocycles. The van der Waals surface area contributed by atoms with Crippen LogP contribution in [0, 0.1) is 0 Å². The number of rotatable bonds is 4. The molecule has 3 heterocycles. The highest BCUT2D eigenvalue weighted by molar-refractivity contribution is 6.30. The smallest absolute Gasteiger partial charge is 0.410 e. The van der Waals surface area contributed by atoms with Crippen molar-refractivity contribution in [1.29, 1.82) is 0 Å². The van der Waals surface area contributed by atoms with E-state index in [-0.39, 0.29) is 17.9 Å². The van der Waals surface area contributed by atoms with E-state index < -0.39 is 5.60 Å². The Bertz CT molecular complexity index is 1290. The van der Waals surface area contributed by atoms with E-state index in [4.69, 9.17) is 16.3 Å². The maximum absolute atomic E-state index is 13.9. The molecule has 0 N–H and O–H groups in total. The Kier molecular flexibility index (Phi) is 7.48. The SMILES string of the molecule is CC(C)(C)OC(=O)N1CCC(c2c(C(=O)N3CC[C@@H](c4ccccc4)C3)cnn2-c2cccc(Cl)c2)CC1. The molecule has 0 unspecified atom stereocenters. The highest BCUT2D eigenvalue weighted by Gasteiger charge is 2.35. The molecular weight excluding hydrogens is 500 g/mol. The fourth-order valence-electron chi connectivity index (χ4n) is 5.50. The Morgan fingerprint density at radius 1 is 0.921 bits per heavy atom. The first-order valence-electron chi connectivity index (χ1n) is 13.4. The number of hydrogen-bond acceptors (Lipinski definition) is 4. The van der Waals surface area contributed by atoms with Crippen LogP contribution in [0.1, 0.15) is 73.5 Å². The van der Waals surface area contributed by atoms with Gasteiger partial charge in [-0.2, -0.15) is 5.10 Å². The van der Waals surface area contributed by atoms with Crippen LogP contribution in [-0.2, 0) is 4.74 Å². The van der Waals surface area contributed by atoms with Crippen molar-refractivity contribution in [2.24, 2.45) is 0 Å². The average Bonchev–Trinajstić information content (AvgIpc) is 3.56. The van der Waals surface area contributed by atoms with Gasteiger partial charge in [-0.05, 0) is 63.8 Å². The molecule has 38 heavy (non-hydrogen) atoms. The third-order valence-corrected chi connectivity index (χ3v) is 7.60. The number of halogens is 1. The Morgan fingerprint density at radius 3 is 2.29 bits per heavy atom. The summed E-state index contributed by atoms with van der Waals surface area (Å²) >= 11 is 6.31. The third-order valence-electron chi connectivity index (χ3n) is 7.37. The monoisotopic (exact) mass is 534 g/mol. The Hall–Kier alpha value is -3.32. The number of amides is 2. The third kappa shape index (κ3) is 5.73. The minimum Gasteiger partial charge on any atom is -0.444 e. The first-order valence-corrected chi connectivity index (χ1v) is 13.7. The molecule has 0 bridgehead atoms. The van der Waals surface area contributed by atoms with Crippen molar-refractivity contribution in [1.82, 2.24) is 19.6 Å². The van der Waals surface area contributed by atoms with Crippen LogP contribution in [0.25, 0.3) is 5.69 Å². The van der Waals surface area contributed by atoms with Crippen molar-refractivity contribution in [2.75, 3.05) is 26.2 Å². The van der Waals surface area contributed by atoms with Gasteiger partial charge in [0.15, 0.2) is 0 Å². The van der Waals surface area contributed by atoms with Gasteiger partial charge in [-0.1, -0.05) is 48.0 Å². The predicted octanol–water partition coefficient (Wildman–Crippen LogP) is 6.27. The van der Waals surface area contributed by atoms with E-state index in [1.807, 2.05) is 60.7 Å². The van der Waals surface area contributed by atoms with Crippen molar-refractivity contribution < 1.29 is 14.3 Å². The minimum atomic E-state index is -0.536. The van der Waals surface area contributed by atoms with Gasteiger partial charge in [-0.15, -0.1) is 0 Å². The van der Waals surface area contributed by atoms with Crippen molar-refractivity contribution >= 4 is 23.6 Å². The predicted molar refractivity (Wildman–Crippen MR) is 148 cm³/mol. The molecule has 7 nitrogen and oxygen atoms in total. The summed E-state index contributed by atoms with van der Waals surface area (Å²) in [4.78, 5) is 30.2. The molecule has 0 spiro atoms. The van der Waals surface area contributed by atoms with E-state index >= 15 is 0 Å². The summed E-state index contributed by atoms with van der Waals surface area (Å²) in [6, 6.07) is 17.9. The van der Waals surface area contributed by atoms with Gasteiger partial charge >= 0.3 is 6.09 Å². The van der Waals surface area contributed by atoms with E-state index in [1.54, 1.807) is 11.1 Å². The standard InChI is InChI=1S/C30H35ClN4O3/c1-30(2,3)38-29(37)33-15-12-22(13-16-33)27-26(19-32-35(27)25-11-7-10-24(31)18-25)28(36)34-17-14-23(20-34)21-8-5-4-6-9-21/h4-11,18-19,22-23H,12-17,20H2,1-3H3/t23-/m1/s1. The van der Waals surface area contributed by atoms with Crippen molar-refractivity contribution in [3.05, 3.63) is 82.6 Å². The van der Waals surface area contributed by atoms with Gasteiger partial charge in [0.2, 0.25) is 0 Å². The van der Waals surface area contributed by atoms with Gasteiger partial charge in [-0.25, -0.2) is 9.48 Å². The summed E-state index contributed by atoms with van der Waals surface area (Å²) in [5.74, 6) is 0.423. The van der Waals surface area contributed by atoms with Gasteiger partial charge in [-0.3, -0.25) is 4.79 Å². The molecule has 2 amide bonds. The van der Waals surface area contributed by atoms with Crippen LogP contribution in [0.2, 0.25) is 5.02 Å². The zero-order valence-electron chi connectivity index (χ0n) is 22.3. The van der Waals surface area contributed by atoms with Gasteiger partial charge in [0.1, 0.15) is 5.60 Å². The van der Waals surface area contributed by atoms with Crippen LogP contribution >= 0.6 is 11.6 Å². The largest absolute Gasteiger partial charge is 0.444 e. The van der Waals surface area contributed by atoms with E-state index in [0.29, 0.717) is 36.1 Å². The molecule has 2 saturated heterocycles. The fraction of sp³-hybridized carbons (Fsp3) is 0.433. The lowest BCUT2D eigenvalue weighted by molar-refractivity contribution is 0.0203. The zero-order chi connectivity index (χ0) is 26.9. The molecule has 0 aliphatic carbocycles. The van der Waals surface area contributed by atoms with Gasteiger partial charge in [0, 0.05) is 43.0 Å². The Labute approximate surface area is 229 Å². The highest BCUT2D eigenvalue weighted by Crippen LogP contribution is 2.35. The normalized spacial score (nSPS) is 18.6. The highest BCUT2D eigenvalue weighted by atomic mass is 35.5. The summed E-state index contributed by atoms with van der Waals surface area (Å²) in [7, 11) is 0. The lowest BCUT2D eigenvalue weighted by atomic mass is 9.90. The van der Waals surface area contributed by atoms with Crippen molar-refractivity contribution in [3.8, 4) is 5.69 Å². The number of piperidine rings is 1. The van der Waals surface area contributed by atoms with Crippen molar-refractivity contribution in [2.45, 2.75) is 57.5 Å². The van der Waals surface area contributed by atoms with E-state index in [9.17, 15) is 9.59 Å². The summed E-state index contributed by atoms with van der Waals surface area (Å²) in [6.07, 6.45) is 3.80.